The van der Waals surface area contributed by atoms with Gasteiger partial charge in [-0.05, 0) is 13.3 Å². The van der Waals surface area contributed by atoms with E-state index in [2.05, 4.69) is 0 Å². The van der Waals surface area contributed by atoms with Crippen LogP contribution in [-0.4, -0.2) is 64.1 Å². The van der Waals surface area contributed by atoms with Gasteiger partial charge in [-0.2, -0.15) is 11.8 Å². The van der Waals surface area contributed by atoms with Crippen molar-refractivity contribution in [2.75, 3.05) is 25.1 Å². The van der Waals surface area contributed by atoms with Gasteiger partial charge in [-0.3, -0.25) is 0 Å². The van der Waals surface area contributed by atoms with Crippen LogP contribution in [0.5, 0.6) is 0 Å². The molecule has 1 N–H and O–H groups in total. The number of hydrogen-bond acceptors (Lipinski definition) is 3. The van der Waals surface area contributed by atoms with Crippen molar-refractivity contribution < 1.29 is 14.7 Å². The molecule has 0 aromatic heterocycles. The van der Waals surface area contributed by atoms with Gasteiger partial charge in [-0.25, -0.2) is 9.59 Å². The highest BCUT2D eigenvalue weighted by molar-refractivity contribution is 7.99. The highest BCUT2D eigenvalue weighted by Crippen LogP contribution is 2.19. The smallest absolute Gasteiger partial charge is 0.327 e. The Kier molecular flexibility index (Phi) is 5.11. The lowest BCUT2D eigenvalue weighted by Gasteiger charge is -2.37. The summed E-state index contributed by atoms with van der Waals surface area (Å²) in [5.74, 6) is 0.377. The molecule has 1 rings (SSSR count). The van der Waals surface area contributed by atoms with Crippen LogP contribution in [-0.2, 0) is 4.79 Å². The second kappa shape index (κ2) is 6.14. The van der Waals surface area contributed by atoms with Gasteiger partial charge in [-0.15, -0.1) is 0 Å². The number of aliphatic carboxylic acids is 1. The fourth-order valence-electron chi connectivity index (χ4n) is 1.70. The normalized spacial score (nSPS) is 22.1. The van der Waals surface area contributed by atoms with Crippen molar-refractivity contribution in [1.29, 1.82) is 0 Å². The van der Waals surface area contributed by atoms with Crippen LogP contribution in [0.15, 0.2) is 0 Å². The third kappa shape index (κ3) is 3.28. The van der Waals surface area contributed by atoms with E-state index in [1.54, 1.807) is 23.7 Å². The Morgan fingerprint density at radius 3 is 2.76 bits per heavy atom. The first-order chi connectivity index (χ1) is 7.99. The SMILES string of the molecule is CCC(C)N(C)C(=O)N1CCSCC1C(=O)O. The number of carboxylic acid groups (broad SMARTS) is 1. The highest BCUT2D eigenvalue weighted by Gasteiger charge is 2.34. The molecule has 1 fully saturated rings. The van der Waals surface area contributed by atoms with Gasteiger partial charge in [0.1, 0.15) is 6.04 Å². The molecule has 6 heteroatoms. The predicted molar refractivity (Wildman–Crippen MR) is 68.4 cm³/mol. The minimum Gasteiger partial charge on any atom is -0.480 e. The van der Waals surface area contributed by atoms with Gasteiger partial charge in [0.2, 0.25) is 0 Å². The zero-order valence-electron chi connectivity index (χ0n) is 10.5. The molecule has 0 saturated carbocycles. The van der Waals surface area contributed by atoms with Crippen LogP contribution < -0.4 is 0 Å². The number of amides is 2. The molecule has 1 saturated heterocycles. The van der Waals surface area contributed by atoms with Crippen LogP contribution in [0.4, 0.5) is 4.79 Å². The minimum absolute atomic E-state index is 0.131. The number of carbonyl (C=O) groups is 2. The summed E-state index contributed by atoms with van der Waals surface area (Å²) < 4.78 is 0. The van der Waals surface area contributed by atoms with Crippen LogP contribution in [0.25, 0.3) is 0 Å². The van der Waals surface area contributed by atoms with Gasteiger partial charge < -0.3 is 14.9 Å². The number of carbonyl (C=O) groups excluding carboxylic acids is 1. The molecule has 17 heavy (non-hydrogen) atoms. The summed E-state index contributed by atoms with van der Waals surface area (Å²) in [6, 6.07) is -0.730. The van der Waals surface area contributed by atoms with Crippen LogP contribution >= 0.6 is 11.8 Å². The molecular formula is C11H20N2O3S. The van der Waals surface area contributed by atoms with Gasteiger partial charge in [-0.1, -0.05) is 6.92 Å². The van der Waals surface area contributed by atoms with E-state index in [0.717, 1.165) is 12.2 Å². The van der Waals surface area contributed by atoms with E-state index in [0.29, 0.717) is 12.3 Å². The largest absolute Gasteiger partial charge is 0.480 e. The van der Waals surface area contributed by atoms with Crippen LogP contribution in [0.1, 0.15) is 20.3 Å². The third-order valence-electron chi connectivity index (χ3n) is 3.21. The Bertz CT molecular complexity index is 298. The van der Waals surface area contributed by atoms with Crippen molar-refractivity contribution in [3.05, 3.63) is 0 Å². The Hall–Kier alpha value is -0.910. The summed E-state index contributed by atoms with van der Waals surface area (Å²) in [7, 11) is 1.73. The van der Waals surface area contributed by atoms with Gasteiger partial charge in [0.25, 0.3) is 0 Å². The monoisotopic (exact) mass is 260 g/mol. The molecule has 98 valence electrons. The average molecular weight is 260 g/mol. The number of thioether (sulfide) groups is 1. The van der Waals surface area contributed by atoms with E-state index in [9.17, 15) is 9.59 Å². The zero-order valence-corrected chi connectivity index (χ0v) is 11.4. The molecule has 0 aliphatic carbocycles. The number of hydrogen-bond donors (Lipinski definition) is 1. The summed E-state index contributed by atoms with van der Waals surface area (Å²) in [5.41, 5.74) is 0. The fourth-order valence-corrected chi connectivity index (χ4v) is 2.74. The predicted octanol–water partition coefficient (Wildman–Crippen LogP) is 1.34. The molecule has 0 bridgehead atoms. The van der Waals surface area contributed by atoms with E-state index in [1.807, 2.05) is 13.8 Å². The summed E-state index contributed by atoms with van der Waals surface area (Å²) in [5, 5.41) is 9.11. The van der Waals surface area contributed by atoms with Crippen LogP contribution in [0.2, 0.25) is 0 Å². The molecular weight excluding hydrogens is 240 g/mol. The number of carboxylic acids is 1. The van der Waals surface area contributed by atoms with Crippen molar-refractivity contribution in [3.63, 3.8) is 0 Å². The van der Waals surface area contributed by atoms with E-state index in [4.69, 9.17) is 5.11 Å². The van der Waals surface area contributed by atoms with Gasteiger partial charge in [0.05, 0.1) is 0 Å². The maximum atomic E-state index is 12.2. The molecule has 0 spiro atoms. The first kappa shape index (κ1) is 14.2. The second-order valence-corrected chi connectivity index (χ2v) is 5.42. The fraction of sp³-hybridized carbons (Fsp3) is 0.818. The minimum atomic E-state index is -0.914. The first-order valence-electron chi connectivity index (χ1n) is 5.83. The summed E-state index contributed by atoms with van der Waals surface area (Å²) in [4.78, 5) is 26.4. The Balaban J connectivity index is 2.74. The van der Waals surface area contributed by atoms with Crippen molar-refractivity contribution in [2.24, 2.45) is 0 Å². The van der Waals surface area contributed by atoms with Gasteiger partial charge >= 0.3 is 12.0 Å². The molecule has 0 aromatic carbocycles. The molecule has 2 amide bonds. The Morgan fingerprint density at radius 2 is 2.24 bits per heavy atom. The Labute approximate surface area is 106 Å². The molecule has 1 heterocycles. The zero-order chi connectivity index (χ0) is 13.0. The van der Waals surface area contributed by atoms with Crippen LogP contribution in [0.3, 0.4) is 0 Å². The number of rotatable bonds is 3. The number of nitrogens with zero attached hydrogens (tertiary/aromatic N) is 2. The molecule has 0 radical (unpaired) electrons. The van der Waals surface area contributed by atoms with Gasteiger partial charge in [0, 0.05) is 31.1 Å². The lowest BCUT2D eigenvalue weighted by atomic mass is 10.2. The maximum Gasteiger partial charge on any atom is 0.327 e. The molecule has 0 aromatic rings. The molecule has 1 aliphatic rings. The summed E-state index contributed by atoms with van der Waals surface area (Å²) >= 11 is 1.59. The molecule has 2 unspecified atom stereocenters. The van der Waals surface area contributed by atoms with Crippen molar-refractivity contribution >= 4 is 23.8 Å². The molecule has 5 nitrogen and oxygen atoms in total. The second-order valence-electron chi connectivity index (χ2n) is 4.27. The summed E-state index contributed by atoms with van der Waals surface area (Å²) in [6.07, 6.45) is 0.864. The lowest BCUT2D eigenvalue weighted by molar-refractivity contribution is -0.141. The molecule has 2 atom stereocenters. The first-order valence-corrected chi connectivity index (χ1v) is 6.98. The quantitative estimate of drug-likeness (QED) is 0.832. The van der Waals surface area contributed by atoms with E-state index >= 15 is 0 Å². The lowest BCUT2D eigenvalue weighted by Crippen LogP contribution is -2.55. The Morgan fingerprint density at radius 1 is 1.59 bits per heavy atom. The molecule has 1 aliphatic heterocycles. The van der Waals surface area contributed by atoms with Crippen molar-refractivity contribution in [2.45, 2.75) is 32.4 Å². The van der Waals surface area contributed by atoms with Gasteiger partial charge in [0.15, 0.2) is 0 Å². The third-order valence-corrected chi connectivity index (χ3v) is 4.24. The topological polar surface area (TPSA) is 60.9 Å². The average Bonchev–Trinajstić information content (AvgIpc) is 2.35. The van der Waals surface area contributed by atoms with Crippen molar-refractivity contribution in [1.82, 2.24) is 9.80 Å². The van der Waals surface area contributed by atoms with E-state index < -0.39 is 12.0 Å². The maximum absolute atomic E-state index is 12.2. The van der Waals surface area contributed by atoms with Crippen molar-refractivity contribution in [3.8, 4) is 0 Å². The standard InChI is InChI=1S/C11H20N2O3S/c1-4-8(2)12(3)11(16)13-5-6-17-7-9(13)10(14)15/h8-9H,4-7H2,1-3H3,(H,14,15). The van der Waals surface area contributed by atoms with E-state index in [1.165, 1.54) is 4.90 Å². The van der Waals surface area contributed by atoms with Crippen LogP contribution in [0, 0.1) is 0 Å². The van der Waals surface area contributed by atoms with E-state index in [-0.39, 0.29) is 12.1 Å². The summed E-state index contributed by atoms with van der Waals surface area (Å²) in [6.45, 7) is 4.49. The highest BCUT2D eigenvalue weighted by atomic mass is 32.2. The number of urea groups is 1.